The number of hydrogen-bond donors (Lipinski definition) is 4. The second-order valence-corrected chi connectivity index (χ2v) is 2.75. The smallest absolute Gasteiger partial charge is 0.322 e. The Labute approximate surface area is 81.6 Å². The quantitative estimate of drug-likeness (QED) is 0.370. The second-order valence-electron chi connectivity index (χ2n) is 2.30. The third-order valence-corrected chi connectivity index (χ3v) is 1.88. The van der Waals surface area contributed by atoms with Gasteiger partial charge in [0, 0.05) is 12.7 Å². The summed E-state index contributed by atoms with van der Waals surface area (Å²) in [5.41, 5.74) is 0.589. The highest BCUT2D eigenvalue weighted by atomic mass is 32.1. The van der Waals surface area contributed by atoms with E-state index in [4.69, 9.17) is 5.11 Å². The van der Waals surface area contributed by atoms with E-state index >= 15 is 0 Å². The molecule has 74 valence electrons. The van der Waals surface area contributed by atoms with Crippen LogP contribution >= 0.6 is 12.6 Å². The summed E-state index contributed by atoms with van der Waals surface area (Å²) in [6.07, 6.45) is 0. The topological polar surface area (TPSA) is 78.4 Å². The van der Waals surface area contributed by atoms with Crippen molar-refractivity contribution in [3.8, 4) is 0 Å². The van der Waals surface area contributed by atoms with Gasteiger partial charge in [-0.15, -0.1) is 12.6 Å². The summed E-state index contributed by atoms with van der Waals surface area (Å²) < 4.78 is 0. The first-order valence-electron chi connectivity index (χ1n) is 3.56. The molecule has 0 aliphatic carbocycles. The van der Waals surface area contributed by atoms with E-state index in [-0.39, 0.29) is 4.91 Å². The van der Waals surface area contributed by atoms with E-state index in [1.807, 2.05) is 0 Å². The number of amides is 1. The molecular weight excluding hydrogens is 192 g/mol. The molecule has 5 nitrogen and oxygen atoms in total. The molecule has 0 aromatic heterocycles. The molecule has 0 spiro atoms. The molecule has 0 saturated heterocycles. The highest BCUT2D eigenvalue weighted by Gasteiger charge is 2.08. The number of thiol groups is 1. The fraction of sp³-hybridized carbons (Fsp3) is 0.429. The first-order valence-corrected chi connectivity index (χ1v) is 4.01. The molecule has 0 rings (SSSR count). The van der Waals surface area contributed by atoms with Gasteiger partial charge in [0.2, 0.25) is 0 Å². The van der Waals surface area contributed by atoms with Gasteiger partial charge < -0.3 is 15.7 Å². The molecule has 0 radical (unpaired) electrons. The minimum absolute atomic E-state index is 0.184. The van der Waals surface area contributed by atoms with Gasteiger partial charge in [-0.05, 0) is 6.92 Å². The third-order valence-electron chi connectivity index (χ3n) is 1.35. The zero-order valence-corrected chi connectivity index (χ0v) is 8.31. The molecule has 3 N–H and O–H groups in total. The molecule has 1 amide bonds. The van der Waals surface area contributed by atoms with Crippen LogP contribution in [0.4, 0.5) is 0 Å². The Balaban J connectivity index is 4.19. The molecule has 0 aromatic rings. The van der Waals surface area contributed by atoms with Crippen LogP contribution in [0.25, 0.3) is 0 Å². The van der Waals surface area contributed by atoms with Crippen molar-refractivity contribution in [3.05, 3.63) is 10.6 Å². The van der Waals surface area contributed by atoms with Crippen LogP contribution in [0.3, 0.4) is 0 Å². The summed E-state index contributed by atoms with van der Waals surface area (Å²) in [6, 6.07) is 0. The van der Waals surface area contributed by atoms with Crippen LogP contribution in [-0.4, -0.2) is 30.6 Å². The van der Waals surface area contributed by atoms with Crippen LogP contribution in [0.5, 0.6) is 0 Å². The molecule has 0 saturated carbocycles. The number of hydrogen-bond acceptors (Lipinski definition) is 4. The van der Waals surface area contributed by atoms with Gasteiger partial charge in [-0.3, -0.25) is 9.59 Å². The SMILES string of the molecule is CN/C(C)=C(\S)C(=O)NCC(=O)O. The highest BCUT2D eigenvalue weighted by molar-refractivity contribution is 7.85. The number of carboxylic acids is 1. The number of rotatable bonds is 4. The molecule has 0 aliphatic rings. The minimum Gasteiger partial charge on any atom is -0.480 e. The summed E-state index contributed by atoms with van der Waals surface area (Å²) >= 11 is 3.91. The lowest BCUT2D eigenvalue weighted by Crippen LogP contribution is -2.30. The van der Waals surface area contributed by atoms with Crippen LogP contribution in [0.1, 0.15) is 6.92 Å². The summed E-state index contributed by atoms with van der Waals surface area (Å²) in [5.74, 6) is -1.59. The van der Waals surface area contributed by atoms with Gasteiger partial charge in [0.05, 0.1) is 4.91 Å². The van der Waals surface area contributed by atoms with Gasteiger partial charge >= 0.3 is 5.97 Å². The monoisotopic (exact) mass is 204 g/mol. The molecule has 0 heterocycles. The van der Waals surface area contributed by atoms with E-state index in [0.717, 1.165) is 0 Å². The maximum Gasteiger partial charge on any atom is 0.322 e. The van der Waals surface area contributed by atoms with E-state index in [2.05, 4.69) is 23.3 Å². The summed E-state index contributed by atoms with van der Waals surface area (Å²) in [5, 5.41) is 13.2. The molecular formula is C7H12N2O3S. The van der Waals surface area contributed by atoms with E-state index in [1.54, 1.807) is 14.0 Å². The van der Waals surface area contributed by atoms with Crippen LogP contribution < -0.4 is 10.6 Å². The van der Waals surface area contributed by atoms with E-state index in [9.17, 15) is 9.59 Å². The van der Waals surface area contributed by atoms with Gasteiger partial charge in [-0.1, -0.05) is 0 Å². The molecule has 0 unspecified atom stereocenters. The Hall–Kier alpha value is -1.17. The number of carboxylic acid groups (broad SMARTS) is 1. The Morgan fingerprint density at radius 1 is 1.46 bits per heavy atom. The molecule has 0 aliphatic heterocycles. The van der Waals surface area contributed by atoms with Gasteiger partial charge in [-0.25, -0.2) is 0 Å². The van der Waals surface area contributed by atoms with Crippen molar-refractivity contribution in [2.24, 2.45) is 0 Å². The maximum atomic E-state index is 11.1. The molecule has 0 atom stereocenters. The van der Waals surface area contributed by atoms with Gasteiger partial charge in [-0.2, -0.15) is 0 Å². The van der Waals surface area contributed by atoms with Crippen molar-refractivity contribution in [2.45, 2.75) is 6.92 Å². The van der Waals surface area contributed by atoms with Crippen molar-refractivity contribution in [1.82, 2.24) is 10.6 Å². The van der Waals surface area contributed by atoms with Crippen molar-refractivity contribution in [1.29, 1.82) is 0 Å². The lowest BCUT2D eigenvalue weighted by molar-refractivity contribution is -0.137. The Kier molecular flexibility index (Phi) is 4.98. The summed E-state index contributed by atoms with van der Waals surface area (Å²) in [4.78, 5) is 21.4. The van der Waals surface area contributed by atoms with E-state index in [1.165, 1.54) is 0 Å². The number of aliphatic carboxylic acids is 1. The first-order chi connectivity index (χ1) is 5.99. The highest BCUT2D eigenvalue weighted by Crippen LogP contribution is 2.04. The number of carbonyl (C=O) groups is 2. The fourth-order valence-electron chi connectivity index (χ4n) is 0.528. The summed E-state index contributed by atoms with van der Waals surface area (Å²) in [7, 11) is 1.65. The number of nitrogens with one attached hydrogen (secondary N) is 2. The van der Waals surface area contributed by atoms with Crippen molar-refractivity contribution < 1.29 is 14.7 Å². The lowest BCUT2D eigenvalue weighted by atomic mass is 10.4. The van der Waals surface area contributed by atoms with E-state index in [0.29, 0.717) is 5.70 Å². The molecule has 0 aromatic carbocycles. The van der Waals surface area contributed by atoms with Crippen LogP contribution in [0, 0.1) is 0 Å². The fourth-order valence-corrected chi connectivity index (χ4v) is 0.719. The third kappa shape index (κ3) is 4.41. The van der Waals surface area contributed by atoms with Crippen molar-refractivity contribution in [2.75, 3.05) is 13.6 Å². The summed E-state index contributed by atoms with van der Waals surface area (Å²) in [6.45, 7) is 1.27. The van der Waals surface area contributed by atoms with Crippen LogP contribution in [0.2, 0.25) is 0 Å². The Morgan fingerprint density at radius 2 is 2.00 bits per heavy atom. The number of carbonyl (C=O) groups excluding carboxylic acids is 1. The van der Waals surface area contributed by atoms with Gasteiger partial charge in [0.1, 0.15) is 6.54 Å². The standard InChI is InChI=1S/C7H12N2O3S/c1-4(8-2)6(13)7(12)9-3-5(10)11/h8,13H,3H2,1-2H3,(H,9,12)(H,10,11)/b6-4-. The zero-order chi connectivity index (χ0) is 10.4. The van der Waals surface area contributed by atoms with Gasteiger partial charge in [0.25, 0.3) is 5.91 Å². The lowest BCUT2D eigenvalue weighted by Gasteiger charge is -2.05. The van der Waals surface area contributed by atoms with E-state index < -0.39 is 18.4 Å². The molecule has 13 heavy (non-hydrogen) atoms. The average Bonchev–Trinajstić information content (AvgIpc) is 2.11. The molecule has 0 fully saturated rings. The average molecular weight is 204 g/mol. The predicted molar refractivity (Wildman–Crippen MR) is 51.4 cm³/mol. The zero-order valence-electron chi connectivity index (χ0n) is 7.42. The van der Waals surface area contributed by atoms with Gasteiger partial charge in [0.15, 0.2) is 0 Å². The van der Waals surface area contributed by atoms with Crippen LogP contribution in [-0.2, 0) is 9.59 Å². The normalized spacial score (nSPS) is 11.6. The largest absolute Gasteiger partial charge is 0.480 e. The maximum absolute atomic E-state index is 11.1. The Morgan fingerprint density at radius 3 is 2.38 bits per heavy atom. The first kappa shape index (κ1) is 11.8. The predicted octanol–water partition coefficient (Wildman–Crippen LogP) is -0.432. The van der Waals surface area contributed by atoms with Crippen molar-refractivity contribution in [3.63, 3.8) is 0 Å². The second kappa shape index (κ2) is 5.47. The van der Waals surface area contributed by atoms with Crippen molar-refractivity contribution >= 4 is 24.5 Å². The molecule has 0 bridgehead atoms. The number of allylic oxidation sites excluding steroid dienone is 1. The Bertz CT molecular complexity index is 250. The molecule has 6 heteroatoms. The minimum atomic E-state index is -1.09. The van der Waals surface area contributed by atoms with Crippen LogP contribution in [0.15, 0.2) is 10.6 Å².